The molecule has 32 heavy (non-hydrogen) atoms. The van der Waals surface area contributed by atoms with Crippen LogP contribution in [0.3, 0.4) is 0 Å². The highest BCUT2D eigenvalue weighted by Crippen LogP contribution is 2.40. The zero-order valence-corrected chi connectivity index (χ0v) is 19.4. The maximum absolute atomic E-state index is 13.0. The van der Waals surface area contributed by atoms with E-state index in [4.69, 9.17) is 14.2 Å². The lowest BCUT2D eigenvalue weighted by atomic mass is 9.73. The summed E-state index contributed by atoms with van der Waals surface area (Å²) in [4.78, 5) is 40.3. The van der Waals surface area contributed by atoms with Crippen molar-refractivity contribution in [1.82, 2.24) is 10.2 Å². The second-order valence-corrected chi connectivity index (χ2v) is 9.52. The Morgan fingerprint density at radius 3 is 2.25 bits per heavy atom. The molecule has 1 aromatic carbocycles. The van der Waals surface area contributed by atoms with Crippen LogP contribution in [0.2, 0.25) is 0 Å². The van der Waals surface area contributed by atoms with E-state index in [9.17, 15) is 14.4 Å². The Labute approximate surface area is 189 Å². The van der Waals surface area contributed by atoms with Crippen LogP contribution in [-0.2, 0) is 25.6 Å². The van der Waals surface area contributed by atoms with Gasteiger partial charge in [0.15, 0.2) is 0 Å². The van der Waals surface area contributed by atoms with Gasteiger partial charge < -0.3 is 24.4 Å². The number of benzene rings is 1. The number of hydrogen-bond donors (Lipinski definition) is 1. The fourth-order valence-electron chi connectivity index (χ4n) is 4.63. The molecule has 2 aliphatic rings. The van der Waals surface area contributed by atoms with E-state index in [1.165, 1.54) is 0 Å². The van der Waals surface area contributed by atoms with Crippen molar-refractivity contribution in [3.8, 4) is 0 Å². The number of rotatable bonds is 5. The summed E-state index contributed by atoms with van der Waals surface area (Å²) in [5, 5.41) is 2.80. The smallest absolute Gasteiger partial charge is 0.410 e. The van der Waals surface area contributed by atoms with Crippen LogP contribution in [0.5, 0.6) is 0 Å². The number of hydrogen-bond acceptors (Lipinski definition) is 6. The average Bonchev–Trinajstić information content (AvgIpc) is 2.71. The molecule has 2 bridgehead atoms. The Kier molecular flexibility index (Phi) is 7.31. The van der Waals surface area contributed by atoms with Crippen molar-refractivity contribution in [3.05, 3.63) is 35.9 Å². The molecular weight excluding hydrogens is 412 g/mol. The predicted octanol–water partition coefficient (Wildman–Crippen LogP) is 4.17. The third-order valence-corrected chi connectivity index (χ3v) is 5.85. The molecular formula is C24H34N2O6. The van der Waals surface area contributed by atoms with Crippen LogP contribution in [-0.4, -0.2) is 52.9 Å². The van der Waals surface area contributed by atoms with Gasteiger partial charge in [-0.05, 0) is 52.5 Å². The average molecular weight is 447 g/mol. The molecule has 8 nitrogen and oxygen atoms in total. The minimum atomic E-state index is -1.23. The molecule has 2 atom stereocenters. The molecule has 1 aromatic rings. The van der Waals surface area contributed by atoms with Crippen molar-refractivity contribution in [1.29, 1.82) is 0 Å². The first-order chi connectivity index (χ1) is 15.1. The third-order valence-electron chi connectivity index (χ3n) is 5.85. The minimum absolute atomic E-state index is 0.189. The summed E-state index contributed by atoms with van der Waals surface area (Å²) in [5.74, 6) is -0.486. The first-order valence-corrected chi connectivity index (χ1v) is 11.3. The topological polar surface area (TPSA) is 94.2 Å². The van der Waals surface area contributed by atoms with E-state index in [1.54, 1.807) is 32.6 Å². The van der Waals surface area contributed by atoms with Gasteiger partial charge in [-0.1, -0.05) is 30.3 Å². The highest BCUT2D eigenvalue weighted by atomic mass is 16.6. The van der Waals surface area contributed by atoms with Crippen molar-refractivity contribution in [2.45, 2.75) is 89.6 Å². The molecule has 2 heterocycles. The van der Waals surface area contributed by atoms with Crippen molar-refractivity contribution < 1.29 is 28.6 Å². The molecule has 2 unspecified atom stereocenters. The zero-order valence-electron chi connectivity index (χ0n) is 19.4. The molecule has 2 aliphatic heterocycles. The van der Waals surface area contributed by atoms with Gasteiger partial charge in [-0.25, -0.2) is 14.4 Å². The molecule has 3 rings (SSSR count). The van der Waals surface area contributed by atoms with Crippen molar-refractivity contribution in [2.75, 3.05) is 6.61 Å². The molecule has 8 heteroatoms. The minimum Gasteiger partial charge on any atom is -0.464 e. The first kappa shape index (κ1) is 23.9. The van der Waals surface area contributed by atoms with E-state index >= 15 is 0 Å². The van der Waals surface area contributed by atoms with E-state index < -0.39 is 29.3 Å². The van der Waals surface area contributed by atoms with Gasteiger partial charge in [0.05, 0.1) is 6.61 Å². The summed E-state index contributed by atoms with van der Waals surface area (Å²) < 4.78 is 16.3. The molecule has 0 radical (unpaired) electrons. The highest BCUT2D eigenvalue weighted by molar-refractivity contribution is 5.86. The number of esters is 1. The lowest BCUT2D eigenvalue weighted by Gasteiger charge is -2.51. The van der Waals surface area contributed by atoms with Gasteiger partial charge >= 0.3 is 18.2 Å². The molecule has 2 saturated heterocycles. The lowest BCUT2D eigenvalue weighted by molar-refractivity contribution is -0.156. The standard InChI is InChI=1S/C24H34N2O6/c1-5-30-20(27)24(25-21(28)32-23(2,3)4)14-18-12-9-13-19(15-24)26(18)22(29)31-16-17-10-7-6-8-11-17/h6-8,10-11,18-19H,5,9,12-16H2,1-4H3,(H,25,28). The normalized spacial score (nSPS) is 24.9. The molecule has 1 N–H and O–H groups in total. The quantitative estimate of drug-likeness (QED) is 0.539. The maximum Gasteiger partial charge on any atom is 0.410 e. The lowest BCUT2D eigenvalue weighted by Crippen LogP contribution is -2.68. The number of amides is 2. The molecule has 2 fully saturated rings. The first-order valence-electron chi connectivity index (χ1n) is 11.3. The summed E-state index contributed by atoms with van der Waals surface area (Å²) >= 11 is 0. The van der Waals surface area contributed by atoms with Crippen LogP contribution in [0.4, 0.5) is 9.59 Å². The summed E-state index contributed by atoms with van der Waals surface area (Å²) in [6, 6.07) is 9.05. The predicted molar refractivity (Wildman–Crippen MR) is 118 cm³/mol. The Hall–Kier alpha value is -2.77. The summed E-state index contributed by atoms with van der Waals surface area (Å²) in [6.07, 6.45) is 1.89. The zero-order chi connectivity index (χ0) is 23.4. The van der Waals surface area contributed by atoms with Crippen LogP contribution in [0.25, 0.3) is 0 Å². The fourth-order valence-corrected chi connectivity index (χ4v) is 4.63. The number of carbonyl (C=O) groups excluding carboxylic acids is 3. The fraction of sp³-hybridized carbons (Fsp3) is 0.625. The van der Waals surface area contributed by atoms with Crippen LogP contribution in [0.15, 0.2) is 30.3 Å². The Morgan fingerprint density at radius 1 is 1.06 bits per heavy atom. The van der Waals surface area contributed by atoms with Gasteiger partial charge in [-0.3, -0.25) is 0 Å². The SMILES string of the molecule is CCOC(=O)C1(NC(=O)OC(C)(C)C)CC2CCCC(C1)N2C(=O)OCc1ccccc1. The monoisotopic (exact) mass is 446 g/mol. The molecule has 176 valence electrons. The summed E-state index contributed by atoms with van der Waals surface area (Å²) in [5.41, 5.74) is -1.02. The number of ether oxygens (including phenoxy) is 3. The van der Waals surface area contributed by atoms with Gasteiger partial charge in [0.1, 0.15) is 17.7 Å². The Balaban J connectivity index is 1.76. The number of piperidine rings is 2. The van der Waals surface area contributed by atoms with Crippen LogP contribution in [0.1, 0.15) is 65.4 Å². The van der Waals surface area contributed by atoms with E-state index in [1.807, 2.05) is 30.3 Å². The van der Waals surface area contributed by atoms with Crippen LogP contribution < -0.4 is 5.32 Å². The van der Waals surface area contributed by atoms with Gasteiger partial charge in [0, 0.05) is 24.9 Å². The molecule has 0 saturated carbocycles. The molecule has 0 aliphatic carbocycles. The van der Waals surface area contributed by atoms with Crippen LogP contribution in [0, 0.1) is 0 Å². The van der Waals surface area contributed by atoms with Gasteiger partial charge in [-0.15, -0.1) is 0 Å². The number of nitrogens with one attached hydrogen (secondary N) is 1. The third kappa shape index (κ3) is 5.72. The largest absolute Gasteiger partial charge is 0.464 e. The van der Waals surface area contributed by atoms with E-state index in [0.29, 0.717) is 0 Å². The van der Waals surface area contributed by atoms with Crippen molar-refractivity contribution in [3.63, 3.8) is 0 Å². The summed E-state index contributed by atoms with van der Waals surface area (Å²) in [7, 11) is 0. The maximum atomic E-state index is 13.0. The van der Waals surface area contributed by atoms with E-state index in [0.717, 1.165) is 24.8 Å². The van der Waals surface area contributed by atoms with Gasteiger partial charge in [-0.2, -0.15) is 0 Å². The summed E-state index contributed by atoms with van der Waals surface area (Å²) in [6.45, 7) is 7.43. The second-order valence-electron chi connectivity index (χ2n) is 9.52. The van der Waals surface area contributed by atoms with Crippen molar-refractivity contribution >= 4 is 18.2 Å². The molecule has 0 spiro atoms. The number of nitrogens with zero attached hydrogens (tertiary/aromatic N) is 1. The van der Waals surface area contributed by atoms with Crippen LogP contribution >= 0.6 is 0 Å². The Bertz CT molecular complexity index is 806. The second kappa shape index (κ2) is 9.79. The van der Waals surface area contributed by atoms with Crippen molar-refractivity contribution in [2.24, 2.45) is 0 Å². The Morgan fingerprint density at radius 2 is 1.69 bits per heavy atom. The number of fused-ring (bicyclic) bond motifs is 2. The number of carbonyl (C=O) groups is 3. The number of alkyl carbamates (subject to hydrolysis) is 1. The highest BCUT2D eigenvalue weighted by Gasteiger charge is 2.54. The molecule has 2 amide bonds. The van der Waals surface area contributed by atoms with Gasteiger partial charge in [0.25, 0.3) is 0 Å². The van der Waals surface area contributed by atoms with E-state index in [2.05, 4.69) is 5.32 Å². The van der Waals surface area contributed by atoms with E-state index in [-0.39, 0.29) is 38.1 Å². The van der Waals surface area contributed by atoms with Gasteiger partial charge in [0.2, 0.25) is 0 Å². The molecule has 0 aromatic heterocycles.